The Balaban J connectivity index is 2.08. The average Bonchev–Trinajstić information content (AvgIpc) is 3.22. The first-order valence-corrected chi connectivity index (χ1v) is 10.3. The van der Waals surface area contributed by atoms with E-state index in [1.165, 1.54) is 0 Å². The molecule has 0 aliphatic rings. The molecule has 0 aliphatic heterocycles. The monoisotopic (exact) mass is 458 g/mol. The van der Waals surface area contributed by atoms with E-state index in [1.54, 1.807) is 22.9 Å². The first-order chi connectivity index (χ1) is 13.8. The average molecular weight is 459 g/mol. The number of anilines is 1. The fourth-order valence-electron chi connectivity index (χ4n) is 3.27. The molecule has 0 atom stereocenters. The highest BCUT2D eigenvalue weighted by molar-refractivity contribution is 9.09. The topological polar surface area (TPSA) is 108 Å². The van der Waals surface area contributed by atoms with E-state index in [1.807, 2.05) is 37.5 Å². The highest BCUT2D eigenvalue weighted by atomic mass is 79.9. The molecule has 9 heteroatoms. The van der Waals surface area contributed by atoms with E-state index in [-0.39, 0.29) is 5.91 Å². The Morgan fingerprint density at radius 1 is 1.24 bits per heavy atom. The van der Waals surface area contributed by atoms with E-state index in [0.29, 0.717) is 35.8 Å². The van der Waals surface area contributed by atoms with Crippen LogP contribution in [0.25, 0.3) is 11.0 Å². The number of hydrogen-bond donors (Lipinski definition) is 2. The number of primary amides is 1. The van der Waals surface area contributed by atoms with Gasteiger partial charge >= 0.3 is 0 Å². The number of nitrogens with zero attached hydrogens (tertiary/aromatic N) is 4. The first-order valence-electron chi connectivity index (χ1n) is 9.23. The SMILES string of the molecule is CCn1nc(C)cc1C(=O)Nc1nc2cc(C(N)=O)cc(C)c2n1C/C=C/CBr. The summed E-state index contributed by atoms with van der Waals surface area (Å²) in [7, 11) is 0. The Morgan fingerprint density at radius 3 is 2.66 bits per heavy atom. The number of aromatic nitrogens is 4. The Labute approximate surface area is 176 Å². The Morgan fingerprint density at radius 2 is 2.00 bits per heavy atom. The van der Waals surface area contributed by atoms with E-state index >= 15 is 0 Å². The number of nitrogens with one attached hydrogen (secondary N) is 1. The number of alkyl halides is 1. The van der Waals surface area contributed by atoms with Gasteiger partial charge < -0.3 is 10.3 Å². The van der Waals surface area contributed by atoms with Crippen LogP contribution in [0.1, 0.15) is 39.0 Å². The molecule has 2 heterocycles. The maximum atomic E-state index is 12.9. The Hall–Kier alpha value is -2.94. The van der Waals surface area contributed by atoms with Gasteiger partial charge in [-0.3, -0.25) is 19.6 Å². The van der Waals surface area contributed by atoms with Crippen LogP contribution in [0.2, 0.25) is 0 Å². The largest absolute Gasteiger partial charge is 0.366 e. The van der Waals surface area contributed by atoms with Gasteiger partial charge in [0.15, 0.2) is 0 Å². The molecule has 29 heavy (non-hydrogen) atoms. The number of nitrogens with two attached hydrogens (primary N) is 1. The van der Waals surface area contributed by atoms with Crippen LogP contribution in [-0.4, -0.2) is 36.5 Å². The minimum absolute atomic E-state index is 0.291. The maximum Gasteiger partial charge on any atom is 0.276 e. The van der Waals surface area contributed by atoms with Gasteiger partial charge in [-0.05, 0) is 44.5 Å². The van der Waals surface area contributed by atoms with Gasteiger partial charge in [-0.2, -0.15) is 5.10 Å². The molecule has 0 unspecified atom stereocenters. The summed E-state index contributed by atoms with van der Waals surface area (Å²) in [4.78, 5) is 29.1. The van der Waals surface area contributed by atoms with Crippen LogP contribution in [0.4, 0.5) is 5.95 Å². The van der Waals surface area contributed by atoms with Crippen molar-refractivity contribution in [2.24, 2.45) is 5.73 Å². The zero-order valence-electron chi connectivity index (χ0n) is 16.6. The third kappa shape index (κ3) is 4.24. The second-order valence-electron chi connectivity index (χ2n) is 6.64. The summed E-state index contributed by atoms with van der Waals surface area (Å²) in [6, 6.07) is 5.12. The number of carbonyl (C=O) groups excluding carboxylic acids is 2. The number of rotatable bonds is 7. The van der Waals surface area contributed by atoms with Gasteiger partial charge in [-0.1, -0.05) is 28.1 Å². The van der Waals surface area contributed by atoms with Crippen LogP contribution in [0, 0.1) is 13.8 Å². The molecule has 152 valence electrons. The predicted molar refractivity (Wildman–Crippen MR) is 117 cm³/mol. The molecule has 1 aromatic carbocycles. The summed E-state index contributed by atoms with van der Waals surface area (Å²) in [5.74, 6) is -0.409. The summed E-state index contributed by atoms with van der Waals surface area (Å²) in [5.41, 5.74) is 9.35. The van der Waals surface area contributed by atoms with Crippen molar-refractivity contribution in [2.75, 3.05) is 10.6 Å². The molecular formula is C20H23BrN6O2. The molecule has 0 bridgehead atoms. The Kier molecular flexibility index (Phi) is 6.17. The third-order valence-corrected chi connectivity index (χ3v) is 4.89. The second kappa shape index (κ2) is 8.60. The zero-order valence-corrected chi connectivity index (χ0v) is 18.2. The molecule has 2 aromatic heterocycles. The molecule has 0 spiro atoms. The number of fused-ring (bicyclic) bond motifs is 1. The summed E-state index contributed by atoms with van der Waals surface area (Å²) in [6.45, 7) is 6.76. The molecule has 3 aromatic rings. The van der Waals surface area contributed by atoms with Crippen molar-refractivity contribution in [1.29, 1.82) is 0 Å². The van der Waals surface area contributed by atoms with E-state index < -0.39 is 5.91 Å². The molecule has 0 saturated heterocycles. The molecule has 0 aliphatic carbocycles. The van der Waals surface area contributed by atoms with Crippen LogP contribution in [-0.2, 0) is 13.1 Å². The normalized spacial score (nSPS) is 11.4. The summed E-state index contributed by atoms with van der Waals surface area (Å²) in [5, 5.41) is 7.94. The van der Waals surface area contributed by atoms with Gasteiger partial charge in [-0.25, -0.2) is 4.98 Å². The molecule has 0 fully saturated rings. The number of carbonyl (C=O) groups is 2. The minimum atomic E-state index is -0.517. The highest BCUT2D eigenvalue weighted by Gasteiger charge is 2.19. The quantitative estimate of drug-likeness (QED) is 0.418. The van der Waals surface area contributed by atoms with Crippen LogP contribution in [0.5, 0.6) is 0 Å². The number of halogens is 1. The molecule has 8 nitrogen and oxygen atoms in total. The number of imidazole rings is 1. The van der Waals surface area contributed by atoms with Gasteiger partial charge in [-0.15, -0.1) is 0 Å². The van der Waals surface area contributed by atoms with Crippen molar-refractivity contribution in [3.05, 3.63) is 52.9 Å². The van der Waals surface area contributed by atoms with Gasteiger partial charge in [0.25, 0.3) is 5.91 Å². The molecule has 3 rings (SSSR count). The van der Waals surface area contributed by atoms with Gasteiger partial charge in [0, 0.05) is 24.0 Å². The van der Waals surface area contributed by atoms with Gasteiger partial charge in [0.05, 0.1) is 16.7 Å². The van der Waals surface area contributed by atoms with E-state index in [0.717, 1.165) is 22.1 Å². The van der Waals surface area contributed by atoms with Crippen LogP contribution in [0.3, 0.4) is 0 Å². The third-order valence-electron chi connectivity index (χ3n) is 4.52. The Bertz CT molecular complexity index is 1110. The van der Waals surface area contributed by atoms with Crippen LogP contribution >= 0.6 is 15.9 Å². The maximum absolute atomic E-state index is 12.9. The van der Waals surface area contributed by atoms with E-state index in [2.05, 4.69) is 31.3 Å². The highest BCUT2D eigenvalue weighted by Crippen LogP contribution is 2.25. The lowest BCUT2D eigenvalue weighted by molar-refractivity contribution is 0.0996. The standard InChI is InChI=1S/C20H23BrN6O2/c1-4-27-16(10-13(3)25-27)19(29)24-20-23-15-11-14(18(22)28)9-12(2)17(15)26(20)8-6-5-7-21/h5-6,9-11H,4,7-8H2,1-3H3,(H2,22,28)(H,23,24,29)/b6-5+. The molecule has 0 radical (unpaired) electrons. The number of allylic oxidation sites excluding steroid dienone is 2. The summed E-state index contributed by atoms with van der Waals surface area (Å²) >= 11 is 3.37. The van der Waals surface area contributed by atoms with Crippen molar-refractivity contribution < 1.29 is 9.59 Å². The fraction of sp³-hybridized carbons (Fsp3) is 0.300. The predicted octanol–water partition coefficient (Wildman–Crippen LogP) is 3.17. The van der Waals surface area contributed by atoms with Crippen molar-refractivity contribution in [1.82, 2.24) is 19.3 Å². The second-order valence-corrected chi connectivity index (χ2v) is 7.29. The lowest BCUT2D eigenvalue weighted by Crippen LogP contribution is -2.20. The molecular weight excluding hydrogens is 436 g/mol. The van der Waals surface area contributed by atoms with Gasteiger partial charge in [0.1, 0.15) is 5.69 Å². The van der Waals surface area contributed by atoms with Crippen LogP contribution < -0.4 is 11.1 Å². The van der Waals surface area contributed by atoms with Gasteiger partial charge in [0.2, 0.25) is 11.9 Å². The van der Waals surface area contributed by atoms with E-state index in [9.17, 15) is 9.59 Å². The summed E-state index contributed by atoms with van der Waals surface area (Å²) < 4.78 is 3.56. The van der Waals surface area contributed by atoms with Crippen molar-refractivity contribution in [3.63, 3.8) is 0 Å². The number of amides is 2. The molecule has 2 amide bonds. The minimum Gasteiger partial charge on any atom is -0.366 e. The summed E-state index contributed by atoms with van der Waals surface area (Å²) in [6.07, 6.45) is 3.95. The van der Waals surface area contributed by atoms with Crippen molar-refractivity contribution in [3.8, 4) is 0 Å². The van der Waals surface area contributed by atoms with E-state index in [4.69, 9.17) is 5.73 Å². The fourth-order valence-corrected chi connectivity index (χ4v) is 3.54. The smallest absolute Gasteiger partial charge is 0.276 e. The zero-order chi connectivity index (χ0) is 21.1. The lowest BCUT2D eigenvalue weighted by Gasteiger charge is -2.10. The number of aryl methyl sites for hydroxylation is 3. The lowest BCUT2D eigenvalue weighted by atomic mass is 10.1. The number of benzene rings is 1. The van der Waals surface area contributed by atoms with Crippen molar-refractivity contribution in [2.45, 2.75) is 33.9 Å². The molecule has 3 N–H and O–H groups in total. The number of hydrogen-bond acceptors (Lipinski definition) is 4. The van der Waals surface area contributed by atoms with Crippen LogP contribution in [0.15, 0.2) is 30.4 Å². The molecule has 0 saturated carbocycles. The van der Waals surface area contributed by atoms with Crippen molar-refractivity contribution >= 4 is 44.7 Å². The first kappa shape index (κ1) is 20.8.